The van der Waals surface area contributed by atoms with Crippen LogP contribution in [0.2, 0.25) is 0 Å². The standard InChI is InChI=1S/C31H25F3N2O5/c1-3-6-20(37)18-40-29-12-11-19(15-25(29)31(32,33)34)16-27(38)23-8-4-9-24-22(23)7-5-10-28(24)41-21-13-14-36-26(17-21)30(39)35-2/h3-15,17H,16,18H2,1-2H3,(H,35,39)/b6-3+. The van der Waals surface area contributed by atoms with Crippen molar-refractivity contribution in [3.05, 3.63) is 107 Å². The molecule has 0 aliphatic heterocycles. The number of ether oxygens (including phenoxy) is 2. The Hall–Kier alpha value is -4.99. The van der Waals surface area contributed by atoms with Crippen LogP contribution in [0.4, 0.5) is 13.2 Å². The van der Waals surface area contributed by atoms with Crippen molar-refractivity contribution < 1.29 is 37.0 Å². The molecule has 0 bridgehead atoms. The van der Waals surface area contributed by atoms with Gasteiger partial charge in [-0.3, -0.25) is 19.4 Å². The number of Topliss-reactive ketones (excluding diaryl/α,β-unsaturated/α-hetero) is 1. The summed E-state index contributed by atoms with van der Waals surface area (Å²) in [5.74, 6) is -0.971. The third kappa shape index (κ3) is 6.96. The van der Waals surface area contributed by atoms with Crippen LogP contribution in [-0.2, 0) is 17.4 Å². The summed E-state index contributed by atoms with van der Waals surface area (Å²) >= 11 is 0. The zero-order valence-electron chi connectivity index (χ0n) is 22.1. The molecule has 4 aromatic rings. The molecule has 0 spiro atoms. The molecule has 0 radical (unpaired) electrons. The van der Waals surface area contributed by atoms with Gasteiger partial charge in [0.15, 0.2) is 18.2 Å². The maximum absolute atomic E-state index is 13.8. The molecular weight excluding hydrogens is 537 g/mol. The van der Waals surface area contributed by atoms with E-state index in [0.717, 1.165) is 12.1 Å². The lowest BCUT2D eigenvalue weighted by Crippen LogP contribution is -2.18. The van der Waals surface area contributed by atoms with E-state index in [4.69, 9.17) is 9.47 Å². The van der Waals surface area contributed by atoms with E-state index in [1.54, 1.807) is 49.4 Å². The maximum atomic E-state index is 13.8. The van der Waals surface area contributed by atoms with Crippen molar-refractivity contribution in [1.82, 2.24) is 10.3 Å². The van der Waals surface area contributed by atoms with Gasteiger partial charge in [-0.2, -0.15) is 13.2 Å². The number of ketones is 2. The lowest BCUT2D eigenvalue weighted by Gasteiger charge is -2.15. The summed E-state index contributed by atoms with van der Waals surface area (Å²) in [5.41, 5.74) is -0.463. The summed E-state index contributed by atoms with van der Waals surface area (Å²) in [4.78, 5) is 40.9. The highest BCUT2D eigenvalue weighted by Crippen LogP contribution is 2.37. The number of alkyl halides is 3. The molecule has 4 rings (SSSR count). The highest BCUT2D eigenvalue weighted by atomic mass is 19.4. The fraction of sp³-hybridized carbons (Fsp3) is 0.161. The zero-order chi connectivity index (χ0) is 29.6. The van der Waals surface area contributed by atoms with Crippen molar-refractivity contribution in [1.29, 1.82) is 0 Å². The van der Waals surface area contributed by atoms with Crippen LogP contribution in [0.25, 0.3) is 10.8 Å². The minimum Gasteiger partial charge on any atom is -0.485 e. The number of hydrogen-bond donors (Lipinski definition) is 1. The molecule has 0 saturated heterocycles. The number of pyridine rings is 1. The van der Waals surface area contributed by atoms with Crippen molar-refractivity contribution in [2.24, 2.45) is 0 Å². The lowest BCUT2D eigenvalue weighted by atomic mass is 9.96. The van der Waals surface area contributed by atoms with Crippen LogP contribution < -0.4 is 14.8 Å². The molecule has 1 heterocycles. The molecule has 10 heteroatoms. The zero-order valence-corrected chi connectivity index (χ0v) is 22.1. The van der Waals surface area contributed by atoms with Gasteiger partial charge in [-0.15, -0.1) is 0 Å². The number of benzene rings is 3. The number of rotatable bonds is 10. The molecule has 0 fully saturated rings. The fourth-order valence-electron chi connectivity index (χ4n) is 4.17. The van der Waals surface area contributed by atoms with E-state index in [0.29, 0.717) is 27.8 Å². The average Bonchev–Trinajstić information content (AvgIpc) is 2.95. The largest absolute Gasteiger partial charge is 0.485 e. The second kappa shape index (κ2) is 12.5. The van der Waals surface area contributed by atoms with E-state index in [9.17, 15) is 27.6 Å². The molecule has 1 amide bonds. The van der Waals surface area contributed by atoms with Crippen LogP contribution in [0, 0.1) is 0 Å². The average molecular weight is 563 g/mol. The summed E-state index contributed by atoms with van der Waals surface area (Å²) in [7, 11) is 1.49. The number of nitrogens with one attached hydrogen (secondary N) is 1. The highest BCUT2D eigenvalue weighted by Gasteiger charge is 2.35. The molecular formula is C31H25F3N2O5. The Labute approximate surface area is 233 Å². The summed E-state index contributed by atoms with van der Waals surface area (Å²) in [6, 6.07) is 16.5. The normalized spacial score (nSPS) is 11.4. The fourth-order valence-corrected chi connectivity index (χ4v) is 4.17. The summed E-state index contributed by atoms with van der Waals surface area (Å²) in [5, 5.41) is 3.64. The first kappa shape index (κ1) is 29.0. The molecule has 1 N–H and O–H groups in total. The number of nitrogens with zero attached hydrogens (tertiary/aromatic N) is 1. The summed E-state index contributed by atoms with van der Waals surface area (Å²) in [6.07, 6.45) is -0.944. The Balaban J connectivity index is 1.61. The number of hydrogen-bond acceptors (Lipinski definition) is 6. The molecule has 41 heavy (non-hydrogen) atoms. The van der Waals surface area contributed by atoms with Gasteiger partial charge in [0.25, 0.3) is 5.91 Å². The molecule has 7 nitrogen and oxygen atoms in total. The first-order chi connectivity index (χ1) is 19.6. The van der Waals surface area contributed by atoms with Gasteiger partial charge in [0.1, 0.15) is 22.9 Å². The van der Waals surface area contributed by atoms with Gasteiger partial charge in [-0.05, 0) is 48.2 Å². The lowest BCUT2D eigenvalue weighted by molar-refractivity contribution is -0.139. The monoisotopic (exact) mass is 562 g/mol. The third-order valence-corrected chi connectivity index (χ3v) is 6.04. The van der Waals surface area contributed by atoms with Gasteiger partial charge in [0.05, 0.1) is 5.56 Å². The molecule has 0 atom stereocenters. The maximum Gasteiger partial charge on any atom is 0.419 e. The summed E-state index contributed by atoms with van der Waals surface area (Å²) in [6.45, 7) is 1.07. The van der Waals surface area contributed by atoms with Gasteiger partial charge in [0.2, 0.25) is 0 Å². The number of allylic oxidation sites excluding steroid dienone is 1. The SMILES string of the molecule is C/C=C/C(=O)COc1ccc(CC(=O)c2cccc3c(Oc4ccnc(C(=O)NC)c4)cccc23)cc1C(F)(F)F. The van der Waals surface area contributed by atoms with Gasteiger partial charge in [0, 0.05) is 36.7 Å². The number of halogens is 3. The first-order valence-electron chi connectivity index (χ1n) is 12.5. The Morgan fingerprint density at radius 2 is 1.71 bits per heavy atom. The molecule has 1 aromatic heterocycles. The van der Waals surface area contributed by atoms with Crippen LogP contribution in [-0.4, -0.2) is 36.1 Å². The van der Waals surface area contributed by atoms with E-state index < -0.39 is 35.7 Å². The molecule has 0 aliphatic carbocycles. The van der Waals surface area contributed by atoms with Crippen molar-refractivity contribution in [3.8, 4) is 17.2 Å². The highest BCUT2D eigenvalue weighted by molar-refractivity contribution is 6.10. The molecule has 3 aromatic carbocycles. The predicted octanol–water partition coefficient (Wildman–Crippen LogP) is 6.35. The van der Waals surface area contributed by atoms with Crippen molar-refractivity contribution >= 4 is 28.2 Å². The minimum atomic E-state index is -4.76. The number of carbonyl (C=O) groups excluding carboxylic acids is 3. The van der Waals surface area contributed by atoms with Crippen LogP contribution in [0.1, 0.15) is 38.9 Å². The Kier molecular flexibility index (Phi) is 8.81. The third-order valence-electron chi connectivity index (χ3n) is 6.04. The first-order valence-corrected chi connectivity index (χ1v) is 12.5. The van der Waals surface area contributed by atoms with E-state index in [-0.39, 0.29) is 23.6 Å². The Bertz CT molecular complexity index is 1650. The number of fused-ring (bicyclic) bond motifs is 1. The Morgan fingerprint density at radius 1 is 0.951 bits per heavy atom. The van der Waals surface area contributed by atoms with Gasteiger partial charge in [-0.25, -0.2) is 0 Å². The minimum absolute atomic E-state index is 0.136. The van der Waals surface area contributed by atoms with E-state index in [2.05, 4.69) is 10.3 Å². The quantitative estimate of drug-likeness (QED) is 0.179. The van der Waals surface area contributed by atoms with Gasteiger partial charge < -0.3 is 14.8 Å². The molecule has 0 saturated carbocycles. The van der Waals surface area contributed by atoms with E-state index in [1.807, 2.05) is 0 Å². The van der Waals surface area contributed by atoms with Gasteiger partial charge >= 0.3 is 6.18 Å². The van der Waals surface area contributed by atoms with Crippen molar-refractivity contribution in [2.75, 3.05) is 13.7 Å². The van der Waals surface area contributed by atoms with Crippen LogP contribution in [0.3, 0.4) is 0 Å². The molecule has 210 valence electrons. The Morgan fingerprint density at radius 3 is 2.44 bits per heavy atom. The van der Waals surface area contributed by atoms with Crippen LogP contribution >= 0.6 is 0 Å². The number of aromatic nitrogens is 1. The van der Waals surface area contributed by atoms with Crippen molar-refractivity contribution in [3.63, 3.8) is 0 Å². The topological polar surface area (TPSA) is 94.6 Å². The smallest absolute Gasteiger partial charge is 0.419 e. The second-order valence-corrected chi connectivity index (χ2v) is 8.90. The van der Waals surface area contributed by atoms with Crippen molar-refractivity contribution in [2.45, 2.75) is 19.5 Å². The van der Waals surface area contributed by atoms with E-state index in [1.165, 1.54) is 37.5 Å². The summed E-state index contributed by atoms with van der Waals surface area (Å²) < 4.78 is 52.5. The van der Waals surface area contributed by atoms with E-state index >= 15 is 0 Å². The molecule has 0 unspecified atom stereocenters. The second-order valence-electron chi connectivity index (χ2n) is 8.90. The van der Waals surface area contributed by atoms with Gasteiger partial charge in [-0.1, -0.05) is 42.5 Å². The molecule has 0 aliphatic rings. The number of carbonyl (C=O) groups is 3. The van der Waals surface area contributed by atoms with Crippen LogP contribution in [0.15, 0.2) is 85.1 Å². The predicted molar refractivity (Wildman–Crippen MR) is 146 cm³/mol. The number of amides is 1. The van der Waals surface area contributed by atoms with Crippen LogP contribution in [0.5, 0.6) is 17.2 Å².